The van der Waals surface area contributed by atoms with Gasteiger partial charge in [0, 0.05) is 15.9 Å². The van der Waals surface area contributed by atoms with Gasteiger partial charge in [-0.3, -0.25) is 0 Å². The molecule has 1 unspecified atom stereocenters. The van der Waals surface area contributed by atoms with E-state index in [-0.39, 0.29) is 0 Å². The molecule has 0 aromatic carbocycles. The monoisotopic (exact) mass is 163 g/mol. The lowest BCUT2D eigenvalue weighted by Gasteiger charge is -2.18. The molecule has 54 valence electrons. The molecule has 0 aromatic rings. The molecule has 0 heterocycles. The molecule has 1 saturated carbocycles. The van der Waals surface area contributed by atoms with E-state index in [1.807, 2.05) is 0 Å². The van der Waals surface area contributed by atoms with Crippen LogP contribution in [0.3, 0.4) is 0 Å². The first-order valence-corrected chi connectivity index (χ1v) is 8.10. The highest BCUT2D eigenvalue weighted by Gasteiger charge is 2.33. The second kappa shape index (κ2) is 2.85. The first-order chi connectivity index (χ1) is 4.11. The van der Waals surface area contributed by atoms with Gasteiger partial charge in [0.2, 0.25) is 0 Å². The van der Waals surface area contributed by atoms with Gasteiger partial charge in [-0.2, -0.15) is 0 Å². The summed E-state index contributed by atoms with van der Waals surface area (Å²) >= 11 is 0. The first-order valence-electron chi connectivity index (χ1n) is 3.73. The van der Waals surface area contributed by atoms with E-state index in [4.69, 9.17) is 0 Å². The average molecular weight is 163 g/mol. The highest BCUT2D eigenvalue weighted by atomic mass is 32.1. The van der Waals surface area contributed by atoms with Crippen LogP contribution in [0.1, 0.15) is 25.7 Å². The van der Waals surface area contributed by atoms with Crippen LogP contribution in [-0.4, -0.2) is 19.0 Å². The van der Waals surface area contributed by atoms with Crippen LogP contribution in [0.25, 0.3) is 0 Å². The van der Waals surface area contributed by atoms with E-state index >= 15 is 0 Å². The second-order valence-electron chi connectivity index (χ2n) is 3.57. The molecule has 0 aliphatic heterocycles. The normalized spacial score (nSPS) is 23.0. The molecule has 1 aliphatic carbocycles. The molecule has 0 radical (unpaired) electrons. The van der Waals surface area contributed by atoms with Crippen molar-refractivity contribution < 1.29 is 0 Å². The summed E-state index contributed by atoms with van der Waals surface area (Å²) in [5.41, 5.74) is 1.09. The molecule has 1 atom stereocenters. The minimum atomic E-state index is -0.547. The van der Waals surface area contributed by atoms with Crippen molar-refractivity contribution in [3.8, 4) is 0 Å². The summed E-state index contributed by atoms with van der Waals surface area (Å²) in [5, 5.41) is 0. The zero-order valence-electron chi connectivity index (χ0n) is 6.43. The van der Waals surface area contributed by atoms with Gasteiger partial charge in [0.25, 0.3) is 0 Å². The third-order valence-corrected chi connectivity index (χ3v) is 5.93. The maximum atomic E-state index is 3.07. The van der Waals surface area contributed by atoms with Crippen molar-refractivity contribution in [2.75, 3.05) is 13.3 Å². The summed E-state index contributed by atoms with van der Waals surface area (Å²) in [4.78, 5) is 0. The second-order valence-corrected chi connectivity index (χ2v) is 11.5. The zero-order valence-corrected chi connectivity index (χ0v) is 8.48. The molecule has 0 bridgehead atoms. The van der Waals surface area contributed by atoms with Gasteiger partial charge in [-0.25, -0.2) is 0 Å². The summed E-state index contributed by atoms with van der Waals surface area (Å²) < 4.78 is 0. The highest BCUT2D eigenvalue weighted by molar-refractivity contribution is 8.24. The maximum absolute atomic E-state index is 3.07. The molecule has 1 fully saturated rings. The Morgan fingerprint density at radius 1 is 1.22 bits per heavy atom. The topological polar surface area (TPSA) is 0 Å². The van der Waals surface area contributed by atoms with Crippen molar-refractivity contribution in [1.82, 2.24) is 0 Å². The van der Waals surface area contributed by atoms with Crippen LogP contribution < -0.4 is 0 Å². The van der Waals surface area contributed by atoms with Crippen LogP contribution in [0.4, 0.5) is 0 Å². The van der Waals surface area contributed by atoms with Gasteiger partial charge in [-0.1, -0.05) is 0 Å². The highest BCUT2D eigenvalue weighted by Crippen LogP contribution is 2.67. The summed E-state index contributed by atoms with van der Waals surface area (Å²) in [6, 6.07) is 0. The Bertz CT molecular complexity index is 87.6. The fourth-order valence-corrected chi connectivity index (χ4v) is 4.16. The molecule has 0 N–H and O–H groups in total. The molecule has 2 heteroatoms. The Hall–Kier alpha value is 0.860. The Kier molecular flexibility index (Phi) is 2.52. The van der Waals surface area contributed by atoms with Crippen molar-refractivity contribution in [3.05, 3.63) is 0 Å². The van der Waals surface area contributed by atoms with Gasteiger partial charge < -0.3 is 0 Å². The van der Waals surface area contributed by atoms with Crippen LogP contribution >= 0.6 is 15.9 Å². The molecule has 0 saturated heterocycles. The van der Waals surface area contributed by atoms with Crippen LogP contribution in [-0.2, 0) is 0 Å². The van der Waals surface area contributed by atoms with Gasteiger partial charge in [-0.05, 0) is 25.7 Å². The lowest BCUT2D eigenvalue weighted by Crippen LogP contribution is -2.00. The molecule has 0 aromatic heterocycles. The first kappa shape index (κ1) is 7.96. The van der Waals surface area contributed by atoms with E-state index in [0.717, 1.165) is 5.66 Å². The lowest BCUT2D eigenvalue weighted by molar-refractivity contribution is 0.886. The maximum Gasteiger partial charge on any atom is 0.0709 e. The minimum absolute atomic E-state index is 0.547. The lowest BCUT2D eigenvalue weighted by atomic mass is 10.4. The number of hydrogen-bond acceptors (Lipinski definition) is 0. The van der Waals surface area contributed by atoms with Crippen molar-refractivity contribution in [2.45, 2.75) is 31.3 Å². The number of rotatable bonds is 1. The van der Waals surface area contributed by atoms with Crippen molar-refractivity contribution in [3.63, 3.8) is 0 Å². The molecule has 0 amide bonds. The van der Waals surface area contributed by atoms with Crippen molar-refractivity contribution in [1.29, 1.82) is 0 Å². The van der Waals surface area contributed by atoms with Crippen molar-refractivity contribution in [2.24, 2.45) is 0 Å². The summed E-state index contributed by atoms with van der Waals surface area (Å²) in [6.07, 6.45) is 5.99. The van der Waals surface area contributed by atoms with Gasteiger partial charge in [-0.15, -0.1) is 0 Å². The molecule has 1 rings (SSSR count). The Morgan fingerprint density at radius 3 is 1.89 bits per heavy atom. The van der Waals surface area contributed by atoms with Gasteiger partial charge in [0.1, 0.15) is 0 Å². The fraction of sp³-hybridized carbons (Fsp3) is 1.00. The van der Waals surface area contributed by atoms with Crippen molar-refractivity contribution >= 4 is 15.9 Å². The van der Waals surface area contributed by atoms with Gasteiger partial charge >= 0.3 is 0 Å². The largest absolute Gasteiger partial charge is 0.0709 e. The molecular weight excluding hydrogens is 146 g/mol. The third-order valence-electron chi connectivity index (χ3n) is 2.27. The molecule has 0 spiro atoms. The third kappa shape index (κ3) is 2.17. The van der Waals surface area contributed by atoms with E-state index < -0.39 is 6.95 Å². The van der Waals surface area contributed by atoms with Crippen LogP contribution in [0, 0.1) is 0 Å². The Labute approximate surface area is 61.2 Å². The van der Waals surface area contributed by atoms with E-state index in [0.29, 0.717) is 0 Å². The minimum Gasteiger partial charge on any atom is -0.0494 e. The standard InChI is InChI=1S/C7H17P2/c1-9(2,8)7-5-3-4-6-7/h7H,3-6,8H2,1-2H3/q+1. The summed E-state index contributed by atoms with van der Waals surface area (Å²) in [5.74, 6) is 0. The van der Waals surface area contributed by atoms with Gasteiger partial charge in [0.15, 0.2) is 0 Å². The van der Waals surface area contributed by atoms with Crippen LogP contribution in [0.5, 0.6) is 0 Å². The molecular formula is C7H17P2+. The number of hydrogen-bond donors (Lipinski definition) is 0. The average Bonchev–Trinajstić information content (AvgIpc) is 2.08. The predicted octanol–water partition coefficient (Wildman–Crippen LogP) is 3.00. The molecule has 1 aliphatic rings. The summed E-state index contributed by atoms with van der Waals surface area (Å²) in [6.45, 7) is 4.33. The quantitative estimate of drug-likeness (QED) is 0.521. The predicted molar refractivity (Wildman–Crippen MR) is 50.7 cm³/mol. The zero-order chi connectivity index (χ0) is 6.91. The van der Waals surface area contributed by atoms with E-state index in [1.54, 1.807) is 0 Å². The van der Waals surface area contributed by atoms with Crippen LogP contribution in [0.15, 0.2) is 0 Å². The Morgan fingerprint density at radius 2 is 1.67 bits per heavy atom. The van der Waals surface area contributed by atoms with E-state index in [1.165, 1.54) is 25.7 Å². The SMILES string of the molecule is C[P+](C)(P)C1CCCC1. The van der Waals surface area contributed by atoms with E-state index in [2.05, 4.69) is 22.3 Å². The van der Waals surface area contributed by atoms with E-state index in [9.17, 15) is 0 Å². The smallest absolute Gasteiger partial charge is 0.0494 e. The van der Waals surface area contributed by atoms with Gasteiger partial charge in [0.05, 0.1) is 19.0 Å². The fourth-order valence-electron chi connectivity index (χ4n) is 1.57. The Balaban J connectivity index is 2.42. The summed E-state index contributed by atoms with van der Waals surface area (Å²) in [7, 11) is 3.07. The van der Waals surface area contributed by atoms with Crippen LogP contribution in [0.2, 0.25) is 0 Å². The molecule has 0 nitrogen and oxygen atoms in total. The molecule has 9 heavy (non-hydrogen) atoms.